The molecule has 15 heavy (non-hydrogen) atoms. The molecule has 0 aromatic rings. The van der Waals surface area contributed by atoms with Gasteiger partial charge in [0.05, 0.1) is 0 Å². The van der Waals surface area contributed by atoms with Crippen molar-refractivity contribution in [3.8, 4) is 0 Å². The third kappa shape index (κ3) is 3.09. The molecule has 0 aliphatic carbocycles. The maximum absolute atomic E-state index is 11.4. The topological polar surface area (TPSA) is 61.9 Å². The molecule has 0 radical (unpaired) electrons. The summed E-state index contributed by atoms with van der Waals surface area (Å²) >= 11 is 0. The Morgan fingerprint density at radius 3 is 2.20 bits per heavy atom. The van der Waals surface area contributed by atoms with Crippen molar-refractivity contribution in [3.05, 3.63) is 0 Å². The van der Waals surface area contributed by atoms with Gasteiger partial charge in [-0.15, -0.1) is 0 Å². The zero-order valence-electron chi connectivity index (χ0n) is 9.15. The van der Waals surface area contributed by atoms with E-state index >= 15 is 0 Å². The Hall–Kier alpha value is -1.30. The quantitative estimate of drug-likeness (QED) is 0.650. The maximum atomic E-state index is 11.4. The highest BCUT2D eigenvalue weighted by Crippen LogP contribution is 2.02. The van der Waals surface area contributed by atoms with Gasteiger partial charge in [-0.2, -0.15) is 0 Å². The molecule has 1 heterocycles. The second-order valence-electron chi connectivity index (χ2n) is 3.36. The fraction of sp³-hybridized carbons (Fsp3) is 0.778. The summed E-state index contributed by atoms with van der Waals surface area (Å²) in [4.78, 5) is 26.1. The van der Waals surface area contributed by atoms with Gasteiger partial charge in [0.15, 0.2) is 0 Å². The first-order valence-corrected chi connectivity index (χ1v) is 4.92. The van der Waals surface area contributed by atoms with E-state index in [2.05, 4.69) is 5.32 Å². The van der Waals surface area contributed by atoms with Gasteiger partial charge in [0.25, 0.3) is 0 Å². The van der Waals surface area contributed by atoms with E-state index in [1.165, 1.54) is 7.11 Å². The van der Waals surface area contributed by atoms with E-state index in [-0.39, 0.29) is 18.5 Å². The van der Waals surface area contributed by atoms with Crippen molar-refractivity contribution in [2.45, 2.75) is 0 Å². The standard InChI is InChI=1S/C9H17N3O3/c1-10-9(14)12-5-3-11(4-6-12)8(13)7-15-2/h3-7H2,1-2H3,(H,10,14). The van der Waals surface area contributed by atoms with Gasteiger partial charge < -0.3 is 19.9 Å². The lowest BCUT2D eigenvalue weighted by molar-refractivity contribution is -0.136. The molecule has 86 valence electrons. The minimum atomic E-state index is -0.0890. The zero-order valence-corrected chi connectivity index (χ0v) is 9.15. The highest BCUT2D eigenvalue weighted by molar-refractivity contribution is 5.78. The van der Waals surface area contributed by atoms with Gasteiger partial charge >= 0.3 is 6.03 Å². The molecule has 6 nitrogen and oxygen atoms in total. The lowest BCUT2D eigenvalue weighted by Gasteiger charge is -2.34. The average Bonchev–Trinajstić information content (AvgIpc) is 2.28. The lowest BCUT2D eigenvalue weighted by atomic mass is 10.3. The largest absolute Gasteiger partial charge is 0.375 e. The Morgan fingerprint density at radius 2 is 1.73 bits per heavy atom. The van der Waals surface area contributed by atoms with E-state index in [1.54, 1.807) is 16.8 Å². The number of carbonyl (C=O) groups is 2. The number of amides is 3. The molecular weight excluding hydrogens is 198 g/mol. The fourth-order valence-electron chi connectivity index (χ4n) is 1.53. The summed E-state index contributed by atoms with van der Waals surface area (Å²) in [6.07, 6.45) is 0. The molecule has 1 aliphatic rings. The normalized spacial score (nSPS) is 16.4. The molecule has 1 N–H and O–H groups in total. The molecule has 0 saturated carbocycles. The Bertz CT molecular complexity index is 237. The molecular formula is C9H17N3O3. The predicted octanol–water partition coefficient (Wildman–Crippen LogP) is -0.884. The first-order chi connectivity index (χ1) is 7.19. The van der Waals surface area contributed by atoms with Gasteiger partial charge in [-0.25, -0.2) is 4.79 Å². The van der Waals surface area contributed by atoms with E-state index in [9.17, 15) is 9.59 Å². The van der Waals surface area contributed by atoms with Crippen LogP contribution < -0.4 is 5.32 Å². The van der Waals surface area contributed by atoms with Gasteiger partial charge in [0.2, 0.25) is 5.91 Å². The van der Waals surface area contributed by atoms with Gasteiger partial charge in [-0.1, -0.05) is 0 Å². The second-order valence-corrected chi connectivity index (χ2v) is 3.36. The maximum Gasteiger partial charge on any atom is 0.317 e. The van der Waals surface area contributed by atoms with Crippen LogP contribution in [0.25, 0.3) is 0 Å². The Morgan fingerprint density at radius 1 is 1.20 bits per heavy atom. The third-order valence-corrected chi connectivity index (χ3v) is 2.40. The van der Waals surface area contributed by atoms with Crippen LogP contribution >= 0.6 is 0 Å². The van der Waals surface area contributed by atoms with E-state index in [0.717, 1.165) is 0 Å². The minimum absolute atomic E-state index is 0.0194. The molecule has 3 amide bonds. The van der Waals surface area contributed by atoms with Crippen molar-refractivity contribution < 1.29 is 14.3 Å². The van der Waals surface area contributed by atoms with Gasteiger partial charge in [-0.05, 0) is 0 Å². The SMILES string of the molecule is CNC(=O)N1CCN(C(=O)COC)CC1. The predicted molar refractivity (Wildman–Crippen MR) is 54.5 cm³/mol. The number of ether oxygens (including phenoxy) is 1. The van der Waals surface area contributed by atoms with Crippen LogP contribution in [0.2, 0.25) is 0 Å². The average molecular weight is 215 g/mol. The fourth-order valence-corrected chi connectivity index (χ4v) is 1.53. The Balaban J connectivity index is 2.35. The summed E-state index contributed by atoms with van der Waals surface area (Å²) in [7, 11) is 3.10. The minimum Gasteiger partial charge on any atom is -0.375 e. The second kappa shape index (κ2) is 5.55. The van der Waals surface area contributed by atoms with Gasteiger partial charge in [0.1, 0.15) is 6.61 Å². The van der Waals surface area contributed by atoms with Crippen LogP contribution in [0, 0.1) is 0 Å². The van der Waals surface area contributed by atoms with Crippen molar-refractivity contribution in [2.75, 3.05) is 46.9 Å². The van der Waals surface area contributed by atoms with Crippen LogP contribution in [0.1, 0.15) is 0 Å². The van der Waals surface area contributed by atoms with Crippen molar-refractivity contribution in [1.82, 2.24) is 15.1 Å². The summed E-state index contributed by atoms with van der Waals surface area (Å²) in [5.41, 5.74) is 0. The third-order valence-electron chi connectivity index (χ3n) is 2.40. The van der Waals surface area contributed by atoms with Crippen LogP contribution in [0.5, 0.6) is 0 Å². The number of methoxy groups -OCH3 is 1. The summed E-state index contributed by atoms with van der Waals surface area (Å²) in [6.45, 7) is 2.43. The number of hydrogen-bond acceptors (Lipinski definition) is 3. The van der Waals surface area contributed by atoms with E-state index < -0.39 is 0 Å². The van der Waals surface area contributed by atoms with Crippen molar-refractivity contribution in [2.24, 2.45) is 0 Å². The molecule has 1 fully saturated rings. The van der Waals surface area contributed by atoms with Crippen LogP contribution in [0.4, 0.5) is 4.79 Å². The molecule has 0 bridgehead atoms. The Kier molecular flexibility index (Phi) is 4.36. The summed E-state index contributed by atoms with van der Waals surface area (Å²) < 4.78 is 4.77. The summed E-state index contributed by atoms with van der Waals surface area (Å²) in [5.74, 6) is -0.0194. The molecule has 6 heteroatoms. The number of urea groups is 1. The Labute approximate surface area is 89.2 Å². The molecule has 1 rings (SSSR count). The highest BCUT2D eigenvalue weighted by Gasteiger charge is 2.22. The highest BCUT2D eigenvalue weighted by atomic mass is 16.5. The van der Waals surface area contributed by atoms with Crippen LogP contribution in [0.15, 0.2) is 0 Å². The molecule has 0 atom stereocenters. The van der Waals surface area contributed by atoms with E-state index in [4.69, 9.17) is 4.74 Å². The van der Waals surface area contributed by atoms with Crippen molar-refractivity contribution in [3.63, 3.8) is 0 Å². The van der Waals surface area contributed by atoms with Crippen molar-refractivity contribution in [1.29, 1.82) is 0 Å². The monoisotopic (exact) mass is 215 g/mol. The van der Waals surface area contributed by atoms with E-state index in [1.807, 2.05) is 0 Å². The number of carbonyl (C=O) groups excluding carboxylic acids is 2. The van der Waals surface area contributed by atoms with Crippen LogP contribution in [0.3, 0.4) is 0 Å². The van der Waals surface area contributed by atoms with Crippen molar-refractivity contribution >= 4 is 11.9 Å². The number of piperazine rings is 1. The van der Waals surface area contributed by atoms with E-state index in [0.29, 0.717) is 26.2 Å². The zero-order chi connectivity index (χ0) is 11.3. The smallest absolute Gasteiger partial charge is 0.317 e. The summed E-state index contributed by atoms with van der Waals surface area (Å²) in [5, 5.41) is 2.56. The first-order valence-electron chi connectivity index (χ1n) is 4.92. The van der Waals surface area contributed by atoms with Gasteiger partial charge in [-0.3, -0.25) is 4.79 Å². The van der Waals surface area contributed by atoms with Gasteiger partial charge in [0, 0.05) is 40.3 Å². The molecule has 0 spiro atoms. The molecule has 0 aromatic carbocycles. The number of nitrogens with zero attached hydrogens (tertiary/aromatic N) is 2. The molecule has 1 saturated heterocycles. The number of nitrogens with one attached hydrogen (secondary N) is 1. The first kappa shape index (κ1) is 11.8. The summed E-state index contributed by atoms with van der Waals surface area (Å²) in [6, 6.07) is -0.0890. The molecule has 1 aliphatic heterocycles. The lowest BCUT2D eigenvalue weighted by Crippen LogP contribution is -2.53. The molecule has 0 aromatic heterocycles. The number of hydrogen-bond donors (Lipinski definition) is 1. The molecule has 0 unspecified atom stereocenters. The number of rotatable bonds is 2. The van der Waals surface area contributed by atoms with Crippen LogP contribution in [-0.4, -0.2) is 68.7 Å². The van der Waals surface area contributed by atoms with Crippen LogP contribution in [-0.2, 0) is 9.53 Å².